The second kappa shape index (κ2) is 11.6. The molecule has 0 radical (unpaired) electrons. The third-order valence-electron chi connectivity index (χ3n) is 5.75. The fourth-order valence-corrected chi connectivity index (χ4v) is 5.17. The summed E-state index contributed by atoms with van der Waals surface area (Å²) in [5.41, 5.74) is 1.92. The van der Waals surface area contributed by atoms with E-state index >= 15 is 0 Å². The summed E-state index contributed by atoms with van der Waals surface area (Å²) in [6.45, 7) is 4.45. The summed E-state index contributed by atoms with van der Waals surface area (Å²) in [6, 6.07) is 22.3. The Bertz CT molecular complexity index is 1130. The molecule has 0 amide bonds. The highest BCUT2D eigenvalue weighted by Crippen LogP contribution is 2.21. The molecule has 8 heteroatoms. The molecule has 1 aliphatic heterocycles. The van der Waals surface area contributed by atoms with Crippen LogP contribution in [0, 0.1) is 5.82 Å². The summed E-state index contributed by atoms with van der Waals surface area (Å²) in [5.74, 6) is 0.249. The number of ether oxygens (including phenoxy) is 2. The van der Waals surface area contributed by atoms with Gasteiger partial charge in [-0.15, -0.1) is 0 Å². The van der Waals surface area contributed by atoms with Crippen LogP contribution in [0.5, 0.6) is 5.75 Å². The molecule has 0 aliphatic carbocycles. The standard InChI is InChI=1S/C26H29FN2O4S/c27-24-8-12-26(13-9-24)34(30,31)29(15-14-28-16-18-32-19-17-28)20-22-6-10-25(11-7-22)33-21-23-4-2-1-3-5-23/h1-13H,14-21H2. The van der Waals surface area contributed by atoms with E-state index in [2.05, 4.69) is 4.90 Å². The van der Waals surface area contributed by atoms with Gasteiger partial charge in [-0.05, 0) is 47.5 Å². The van der Waals surface area contributed by atoms with E-state index in [4.69, 9.17) is 9.47 Å². The molecule has 0 atom stereocenters. The van der Waals surface area contributed by atoms with Crippen LogP contribution in [0.3, 0.4) is 0 Å². The van der Waals surface area contributed by atoms with Crippen LogP contribution >= 0.6 is 0 Å². The molecule has 0 aromatic heterocycles. The van der Waals surface area contributed by atoms with Gasteiger partial charge in [-0.1, -0.05) is 42.5 Å². The van der Waals surface area contributed by atoms with Gasteiger partial charge >= 0.3 is 0 Å². The molecule has 0 spiro atoms. The van der Waals surface area contributed by atoms with Crippen LogP contribution in [0.15, 0.2) is 83.8 Å². The van der Waals surface area contributed by atoms with E-state index in [1.165, 1.54) is 28.6 Å². The Hall–Kier alpha value is -2.78. The third kappa shape index (κ3) is 6.64. The van der Waals surface area contributed by atoms with Gasteiger partial charge in [-0.3, -0.25) is 4.90 Å². The molecule has 1 heterocycles. The van der Waals surface area contributed by atoms with E-state index in [9.17, 15) is 12.8 Å². The second-order valence-corrected chi connectivity index (χ2v) is 10.1. The first-order valence-electron chi connectivity index (χ1n) is 11.3. The lowest BCUT2D eigenvalue weighted by Gasteiger charge is -2.29. The van der Waals surface area contributed by atoms with Crippen LogP contribution < -0.4 is 4.74 Å². The fourth-order valence-electron chi connectivity index (χ4n) is 3.75. The van der Waals surface area contributed by atoms with Crippen molar-refractivity contribution in [3.8, 4) is 5.75 Å². The van der Waals surface area contributed by atoms with E-state index in [0.29, 0.717) is 38.7 Å². The first-order valence-corrected chi connectivity index (χ1v) is 12.8. The second-order valence-electron chi connectivity index (χ2n) is 8.16. The Labute approximate surface area is 200 Å². The minimum atomic E-state index is -3.80. The number of morpholine rings is 1. The van der Waals surface area contributed by atoms with Crippen LogP contribution in [-0.2, 0) is 27.9 Å². The minimum Gasteiger partial charge on any atom is -0.489 e. The number of nitrogens with zero attached hydrogens (tertiary/aromatic N) is 2. The van der Waals surface area contributed by atoms with Gasteiger partial charge in [-0.25, -0.2) is 12.8 Å². The quantitative estimate of drug-likeness (QED) is 0.437. The van der Waals surface area contributed by atoms with E-state index in [1.54, 1.807) is 0 Å². The number of hydrogen-bond donors (Lipinski definition) is 0. The summed E-state index contributed by atoms with van der Waals surface area (Å²) < 4.78 is 52.8. The highest BCUT2D eigenvalue weighted by atomic mass is 32.2. The largest absolute Gasteiger partial charge is 0.489 e. The van der Waals surface area contributed by atoms with E-state index in [0.717, 1.165) is 24.2 Å². The van der Waals surface area contributed by atoms with Crippen molar-refractivity contribution in [1.29, 1.82) is 0 Å². The van der Waals surface area contributed by atoms with Gasteiger partial charge in [0, 0.05) is 32.7 Å². The molecular weight excluding hydrogens is 455 g/mol. The maximum absolute atomic E-state index is 13.4. The summed E-state index contributed by atoms with van der Waals surface area (Å²) in [5, 5.41) is 0. The molecule has 3 aromatic rings. The minimum absolute atomic E-state index is 0.0821. The molecule has 180 valence electrons. The lowest BCUT2D eigenvalue weighted by atomic mass is 10.2. The Morgan fingerprint density at radius 2 is 1.56 bits per heavy atom. The van der Waals surface area contributed by atoms with Gasteiger partial charge in [0.05, 0.1) is 18.1 Å². The average Bonchev–Trinajstić information content (AvgIpc) is 2.87. The van der Waals surface area contributed by atoms with Crippen molar-refractivity contribution in [3.63, 3.8) is 0 Å². The summed E-state index contributed by atoms with van der Waals surface area (Å²) in [4.78, 5) is 2.27. The van der Waals surface area contributed by atoms with Crippen LogP contribution in [0.25, 0.3) is 0 Å². The average molecular weight is 485 g/mol. The number of rotatable bonds is 10. The number of halogens is 1. The van der Waals surface area contributed by atoms with Crippen molar-refractivity contribution in [2.75, 3.05) is 39.4 Å². The molecule has 0 saturated carbocycles. The molecule has 0 N–H and O–H groups in total. The van der Waals surface area contributed by atoms with Crippen molar-refractivity contribution >= 4 is 10.0 Å². The predicted octanol–water partition coefficient (Wildman–Crippen LogP) is 3.93. The van der Waals surface area contributed by atoms with Crippen LogP contribution in [-0.4, -0.2) is 57.0 Å². The highest BCUT2D eigenvalue weighted by molar-refractivity contribution is 7.89. The smallest absolute Gasteiger partial charge is 0.243 e. The number of hydrogen-bond acceptors (Lipinski definition) is 5. The van der Waals surface area contributed by atoms with Crippen LogP contribution in [0.4, 0.5) is 4.39 Å². The highest BCUT2D eigenvalue weighted by Gasteiger charge is 2.25. The molecule has 1 fully saturated rings. The molecule has 1 aliphatic rings. The van der Waals surface area contributed by atoms with E-state index in [-0.39, 0.29) is 11.4 Å². The van der Waals surface area contributed by atoms with Crippen LogP contribution in [0.1, 0.15) is 11.1 Å². The SMILES string of the molecule is O=S(=O)(c1ccc(F)cc1)N(CCN1CCOCC1)Cc1ccc(OCc2ccccc2)cc1. The fraction of sp³-hybridized carbons (Fsp3) is 0.308. The first kappa shape index (κ1) is 24.3. The van der Waals surface area contributed by atoms with Crippen molar-refractivity contribution in [1.82, 2.24) is 9.21 Å². The van der Waals surface area contributed by atoms with Gasteiger partial charge < -0.3 is 9.47 Å². The van der Waals surface area contributed by atoms with Gasteiger partial charge in [0.1, 0.15) is 18.2 Å². The molecule has 1 saturated heterocycles. The molecule has 3 aromatic carbocycles. The molecule has 6 nitrogen and oxygen atoms in total. The van der Waals surface area contributed by atoms with E-state index in [1.807, 2.05) is 54.6 Å². The van der Waals surface area contributed by atoms with Gasteiger partial charge in [-0.2, -0.15) is 4.31 Å². The van der Waals surface area contributed by atoms with Gasteiger partial charge in [0.15, 0.2) is 0 Å². The van der Waals surface area contributed by atoms with Crippen molar-refractivity contribution in [2.45, 2.75) is 18.0 Å². The van der Waals surface area contributed by atoms with Crippen molar-refractivity contribution in [3.05, 3.63) is 95.8 Å². The zero-order valence-electron chi connectivity index (χ0n) is 19.0. The topological polar surface area (TPSA) is 59.1 Å². The Kier molecular flexibility index (Phi) is 8.29. The molecule has 0 unspecified atom stereocenters. The first-order chi connectivity index (χ1) is 16.5. The van der Waals surface area contributed by atoms with Gasteiger partial charge in [0.25, 0.3) is 0 Å². The summed E-state index contributed by atoms with van der Waals surface area (Å²) >= 11 is 0. The molecule has 34 heavy (non-hydrogen) atoms. The van der Waals surface area contributed by atoms with Gasteiger partial charge in [0.2, 0.25) is 10.0 Å². The lowest BCUT2D eigenvalue weighted by molar-refractivity contribution is 0.0361. The normalized spacial score (nSPS) is 14.9. The monoisotopic (exact) mass is 484 g/mol. The molecule has 4 rings (SSSR count). The van der Waals surface area contributed by atoms with Crippen molar-refractivity contribution < 1.29 is 22.3 Å². The Morgan fingerprint density at radius 3 is 2.24 bits per heavy atom. The van der Waals surface area contributed by atoms with E-state index < -0.39 is 15.8 Å². The maximum atomic E-state index is 13.4. The van der Waals surface area contributed by atoms with Crippen molar-refractivity contribution in [2.24, 2.45) is 0 Å². The third-order valence-corrected chi connectivity index (χ3v) is 7.61. The van der Waals surface area contributed by atoms with Crippen LogP contribution in [0.2, 0.25) is 0 Å². The Balaban J connectivity index is 1.46. The zero-order valence-corrected chi connectivity index (χ0v) is 19.8. The maximum Gasteiger partial charge on any atom is 0.243 e. The lowest BCUT2D eigenvalue weighted by Crippen LogP contribution is -2.42. The molecule has 0 bridgehead atoms. The predicted molar refractivity (Wildman–Crippen MR) is 128 cm³/mol. The Morgan fingerprint density at radius 1 is 0.882 bits per heavy atom. The summed E-state index contributed by atoms with van der Waals surface area (Å²) in [6.07, 6.45) is 0. The summed E-state index contributed by atoms with van der Waals surface area (Å²) in [7, 11) is -3.80. The number of benzene rings is 3. The molecular formula is C26H29FN2O4S. The number of sulfonamides is 1. The zero-order chi connectivity index (χ0) is 23.8.